The van der Waals surface area contributed by atoms with E-state index in [0.717, 1.165) is 64.2 Å². The Labute approximate surface area is 403 Å². The van der Waals surface area contributed by atoms with Gasteiger partial charge in [-0.1, -0.05) is 262 Å². The van der Waals surface area contributed by atoms with Gasteiger partial charge in [0, 0.05) is 19.3 Å². The lowest BCUT2D eigenvalue weighted by atomic mass is 10.0. The van der Waals surface area contributed by atoms with E-state index in [9.17, 15) is 14.4 Å². The van der Waals surface area contributed by atoms with E-state index in [1.54, 1.807) is 0 Å². The summed E-state index contributed by atoms with van der Waals surface area (Å²) in [4.78, 5) is 38.0. The fraction of sp³-hybridized carbons (Fsp3) is 0.814. The highest BCUT2D eigenvalue weighted by molar-refractivity contribution is 5.71. The topological polar surface area (TPSA) is 78.9 Å². The third kappa shape index (κ3) is 52.2. The van der Waals surface area contributed by atoms with Crippen LogP contribution in [0.4, 0.5) is 0 Å². The smallest absolute Gasteiger partial charge is 0.306 e. The van der Waals surface area contributed by atoms with E-state index in [1.165, 1.54) is 180 Å². The number of hydrogen-bond donors (Lipinski definition) is 0. The first-order valence-electron chi connectivity index (χ1n) is 28.1. The van der Waals surface area contributed by atoms with Gasteiger partial charge in [-0.15, -0.1) is 0 Å². The second-order valence-corrected chi connectivity index (χ2v) is 18.9. The van der Waals surface area contributed by atoms with Crippen molar-refractivity contribution in [2.24, 2.45) is 0 Å². The fourth-order valence-electron chi connectivity index (χ4n) is 8.08. The lowest BCUT2D eigenvalue weighted by Crippen LogP contribution is -2.30. The second-order valence-electron chi connectivity index (χ2n) is 18.9. The predicted octanol–water partition coefficient (Wildman–Crippen LogP) is 18.7. The molecule has 0 saturated heterocycles. The van der Waals surface area contributed by atoms with E-state index in [0.29, 0.717) is 19.3 Å². The minimum absolute atomic E-state index is 0.0907. The second kappa shape index (κ2) is 54.0. The van der Waals surface area contributed by atoms with Gasteiger partial charge in [-0.3, -0.25) is 14.4 Å². The van der Waals surface area contributed by atoms with Crippen LogP contribution in [0, 0.1) is 0 Å². The monoisotopic (exact) mass is 911 g/mol. The van der Waals surface area contributed by atoms with Gasteiger partial charge in [0.05, 0.1) is 0 Å². The number of ether oxygens (including phenoxy) is 3. The maximum Gasteiger partial charge on any atom is 0.306 e. The average Bonchev–Trinajstić information content (AvgIpc) is 3.30. The number of unbranched alkanes of at least 4 members (excludes halogenated alkanes) is 32. The molecule has 6 heteroatoms. The molecule has 0 aromatic carbocycles. The Bertz CT molecular complexity index is 1140. The number of carbonyl (C=O) groups is 3. The molecule has 0 aromatic heterocycles. The van der Waals surface area contributed by atoms with E-state index < -0.39 is 6.10 Å². The molecule has 0 bridgehead atoms. The SMILES string of the molecule is CCCCC/C=C\C/C=C\C/C=C\C/C=C\CCCC(=O)OC(COC(=O)CCCCCCCCCCCCC)COC(=O)CCCCCCCCCCCCCCCCCCCCC. The molecule has 0 radical (unpaired) electrons. The molecule has 0 N–H and O–H groups in total. The Morgan fingerprint density at radius 3 is 0.908 bits per heavy atom. The fourth-order valence-corrected chi connectivity index (χ4v) is 8.08. The lowest BCUT2D eigenvalue weighted by Gasteiger charge is -2.18. The molecule has 0 amide bonds. The lowest BCUT2D eigenvalue weighted by molar-refractivity contribution is -0.167. The van der Waals surface area contributed by atoms with Crippen molar-refractivity contribution in [1.29, 1.82) is 0 Å². The minimum Gasteiger partial charge on any atom is -0.462 e. The Balaban J connectivity index is 4.37. The largest absolute Gasteiger partial charge is 0.462 e. The molecule has 1 unspecified atom stereocenters. The van der Waals surface area contributed by atoms with Crippen molar-refractivity contribution in [3.05, 3.63) is 48.6 Å². The third-order valence-electron chi connectivity index (χ3n) is 12.3. The van der Waals surface area contributed by atoms with Crippen molar-refractivity contribution in [3.63, 3.8) is 0 Å². The van der Waals surface area contributed by atoms with Gasteiger partial charge in [0.2, 0.25) is 0 Å². The number of rotatable bonds is 51. The van der Waals surface area contributed by atoms with Crippen LogP contribution in [0.5, 0.6) is 0 Å². The Hall–Kier alpha value is -2.63. The summed E-state index contributed by atoms with van der Waals surface area (Å²) < 4.78 is 16.8. The van der Waals surface area contributed by atoms with Gasteiger partial charge in [0.1, 0.15) is 13.2 Å². The molecule has 378 valence electrons. The molecule has 0 aliphatic heterocycles. The zero-order valence-electron chi connectivity index (χ0n) is 43.3. The highest BCUT2D eigenvalue weighted by Crippen LogP contribution is 2.16. The van der Waals surface area contributed by atoms with Crippen LogP contribution in [0.25, 0.3) is 0 Å². The van der Waals surface area contributed by atoms with Crippen LogP contribution in [0.15, 0.2) is 48.6 Å². The molecule has 0 rings (SSSR count). The van der Waals surface area contributed by atoms with Gasteiger partial charge in [0.25, 0.3) is 0 Å². The first-order chi connectivity index (χ1) is 32.0. The predicted molar refractivity (Wildman–Crippen MR) is 279 cm³/mol. The van der Waals surface area contributed by atoms with Gasteiger partial charge in [-0.2, -0.15) is 0 Å². The summed E-state index contributed by atoms with van der Waals surface area (Å²) in [6, 6.07) is 0. The third-order valence-corrected chi connectivity index (χ3v) is 12.3. The van der Waals surface area contributed by atoms with Crippen molar-refractivity contribution in [2.45, 2.75) is 297 Å². The number of hydrogen-bond acceptors (Lipinski definition) is 6. The molecule has 0 spiro atoms. The highest BCUT2D eigenvalue weighted by Gasteiger charge is 2.19. The van der Waals surface area contributed by atoms with Crippen LogP contribution in [0.2, 0.25) is 0 Å². The Morgan fingerprint density at radius 1 is 0.308 bits per heavy atom. The van der Waals surface area contributed by atoms with Crippen molar-refractivity contribution in [2.75, 3.05) is 13.2 Å². The zero-order valence-corrected chi connectivity index (χ0v) is 43.3. The van der Waals surface area contributed by atoms with Crippen molar-refractivity contribution in [3.8, 4) is 0 Å². The van der Waals surface area contributed by atoms with E-state index in [-0.39, 0.29) is 37.5 Å². The molecule has 0 fully saturated rings. The summed E-state index contributed by atoms with van der Waals surface area (Å²) in [5.74, 6) is -0.934. The van der Waals surface area contributed by atoms with Gasteiger partial charge in [0.15, 0.2) is 6.10 Å². The van der Waals surface area contributed by atoms with Gasteiger partial charge < -0.3 is 14.2 Å². The maximum absolute atomic E-state index is 12.8. The minimum atomic E-state index is -0.797. The summed E-state index contributed by atoms with van der Waals surface area (Å²) in [5, 5.41) is 0. The molecule has 1 atom stereocenters. The van der Waals surface area contributed by atoms with Gasteiger partial charge in [-0.05, 0) is 57.8 Å². The summed E-state index contributed by atoms with van der Waals surface area (Å²) in [6.45, 7) is 6.59. The van der Waals surface area contributed by atoms with Gasteiger partial charge in [-0.25, -0.2) is 0 Å². The molecule has 0 aliphatic rings. The van der Waals surface area contributed by atoms with Crippen LogP contribution in [0.3, 0.4) is 0 Å². The molecule has 0 aromatic rings. The summed E-state index contributed by atoms with van der Waals surface area (Å²) in [7, 11) is 0. The molecular weight excluding hydrogens is 805 g/mol. The van der Waals surface area contributed by atoms with Crippen LogP contribution in [0.1, 0.15) is 290 Å². The van der Waals surface area contributed by atoms with Gasteiger partial charge >= 0.3 is 17.9 Å². The summed E-state index contributed by atoms with van der Waals surface area (Å²) >= 11 is 0. The first kappa shape index (κ1) is 62.4. The standard InChI is InChI=1S/C59H106O6/c1-4-7-10-13-16-19-22-24-26-28-29-31-32-34-37-40-43-46-49-52-58(61)64-55-56(54-63-57(60)51-48-45-42-39-36-21-18-15-12-9-6-3)65-59(62)53-50-47-44-41-38-35-33-30-27-25-23-20-17-14-11-8-5-2/h17,20,25,27,33,35,41,44,56H,4-16,18-19,21-24,26,28-32,34,36-40,42-43,45-55H2,1-3H3/b20-17-,27-25-,35-33-,44-41-. The number of carbonyl (C=O) groups excluding carboxylic acids is 3. The quantitative estimate of drug-likeness (QED) is 0.0262. The number of esters is 3. The van der Waals surface area contributed by atoms with Crippen molar-refractivity contribution < 1.29 is 28.6 Å². The maximum atomic E-state index is 12.8. The number of allylic oxidation sites excluding steroid dienone is 8. The Morgan fingerprint density at radius 2 is 0.569 bits per heavy atom. The first-order valence-corrected chi connectivity index (χ1v) is 28.1. The van der Waals surface area contributed by atoms with E-state index >= 15 is 0 Å². The normalized spacial score (nSPS) is 12.4. The molecular formula is C59H106O6. The summed E-state index contributed by atoms with van der Waals surface area (Å²) in [6.07, 6.45) is 65.4. The summed E-state index contributed by atoms with van der Waals surface area (Å²) in [5.41, 5.74) is 0. The zero-order chi connectivity index (χ0) is 47.2. The molecule has 6 nitrogen and oxygen atoms in total. The molecule has 0 heterocycles. The van der Waals surface area contributed by atoms with Crippen molar-refractivity contribution in [1.82, 2.24) is 0 Å². The highest BCUT2D eigenvalue weighted by atomic mass is 16.6. The van der Waals surface area contributed by atoms with Crippen LogP contribution in [-0.4, -0.2) is 37.2 Å². The molecule has 65 heavy (non-hydrogen) atoms. The molecule has 0 aliphatic carbocycles. The van der Waals surface area contributed by atoms with Crippen LogP contribution < -0.4 is 0 Å². The van der Waals surface area contributed by atoms with E-state index in [4.69, 9.17) is 14.2 Å². The van der Waals surface area contributed by atoms with E-state index in [2.05, 4.69) is 69.4 Å². The van der Waals surface area contributed by atoms with Crippen LogP contribution >= 0.6 is 0 Å². The van der Waals surface area contributed by atoms with E-state index in [1.807, 2.05) is 0 Å². The average molecular weight is 911 g/mol. The van der Waals surface area contributed by atoms with Crippen molar-refractivity contribution >= 4 is 17.9 Å². The Kier molecular flexibility index (Phi) is 51.8. The molecule has 0 saturated carbocycles. The van der Waals surface area contributed by atoms with Crippen LogP contribution in [-0.2, 0) is 28.6 Å².